The summed E-state index contributed by atoms with van der Waals surface area (Å²) in [7, 11) is -1.06. The van der Waals surface area contributed by atoms with Crippen LogP contribution in [0.4, 0.5) is 0 Å². The van der Waals surface area contributed by atoms with E-state index in [0.29, 0.717) is 5.03 Å². The fourth-order valence-corrected chi connectivity index (χ4v) is 4.25. The van der Waals surface area contributed by atoms with Crippen molar-refractivity contribution in [3.05, 3.63) is 84.7 Å². The van der Waals surface area contributed by atoms with Crippen molar-refractivity contribution in [2.75, 3.05) is 19.3 Å². The molecule has 0 amide bonds. The van der Waals surface area contributed by atoms with Gasteiger partial charge in [-0.3, -0.25) is 14.1 Å². The number of fused-ring (bicyclic) bond motifs is 1. The molecule has 1 unspecified atom stereocenters. The molecule has 1 saturated heterocycles. The lowest BCUT2D eigenvalue weighted by molar-refractivity contribution is 0.0139. The molecule has 0 saturated carbocycles. The maximum absolute atomic E-state index is 11.5. The number of hydrogen-bond donors (Lipinski definition) is 0. The van der Waals surface area contributed by atoms with Crippen LogP contribution in [0.25, 0.3) is 22.0 Å². The number of nitrogens with zero attached hydrogens (tertiary/aromatic N) is 3. The zero-order chi connectivity index (χ0) is 21.2. The van der Waals surface area contributed by atoms with Crippen LogP contribution in [-0.4, -0.2) is 44.5 Å². The van der Waals surface area contributed by atoms with Gasteiger partial charge >= 0.3 is 0 Å². The molecule has 6 heteroatoms. The van der Waals surface area contributed by atoms with Crippen molar-refractivity contribution in [3.8, 4) is 16.9 Å². The molecule has 0 spiro atoms. The molecule has 4 aromatic rings. The molecule has 1 atom stereocenters. The monoisotopic (exact) mass is 429 g/mol. The number of rotatable bonds is 6. The minimum atomic E-state index is -1.06. The van der Waals surface area contributed by atoms with Crippen LogP contribution in [0.5, 0.6) is 5.75 Å². The Morgan fingerprint density at radius 1 is 0.968 bits per heavy atom. The third-order valence-corrected chi connectivity index (χ3v) is 6.32. The molecule has 1 fully saturated rings. The standard InChI is InChI=1S/C25H23N3O2S/c1-31(29)25-13-9-20(14-26-25)18-7-11-22(12-8-18)30-23-16-28(17-23)15-21-10-6-19-4-2-3-5-24(19)27-21/h2-14,23H,15-17H2,1H3. The van der Waals surface area contributed by atoms with Gasteiger partial charge in [-0.2, -0.15) is 0 Å². The van der Waals surface area contributed by atoms with Gasteiger partial charge in [0.25, 0.3) is 0 Å². The van der Waals surface area contributed by atoms with Crippen molar-refractivity contribution < 1.29 is 8.95 Å². The van der Waals surface area contributed by atoms with Crippen LogP contribution in [0.3, 0.4) is 0 Å². The predicted octanol–water partition coefficient (Wildman–Crippen LogP) is 4.30. The second-order valence-electron chi connectivity index (χ2n) is 7.79. The Morgan fingerprint density at radius 2 is 1.74 bits per heavy atom. The molecule has 31 heavy (non-hydrogen) atoms. The van der Waals surface area contributed by atoms with E-state index in [1.54, 1.807) is 12.5 Å². The molecule has 2 aromatic carbocycles. The van der Waals surface area contributed by atoms with Gasteiger partial charge in [0.15, 0.2) is 0 Å². The average molecular weight is 430 g/mol. The molecule has 1 aliphatic heterocycles. The summed E-state index contributed by atoms with van der Waals surface area (Å²) in [6.45, 7) is 2.64. The van der Waals surface area contributed by atoms with Gasteiger partial charge in [-0.1, -0.05) is 42.5 Å². The van der Waals surface area contributed by atoms with E-state index in [9.17, 15) is 4.21 Å². The topological polar surface area (TPSA) is 55.3 Å². The Labute approximate surface area is 184 Å². The van der Waals surface area contributed by atoms with E-state index in [0.717, 1.165) is 47.7 Å². The molecular weight excluding hydrogens is 406 g/mol. The largest absolute Gasteiger partial charge is 0.488 e. The van der Waals surface area contributed by atoms with E-state index < -0.39 is 10.8 Å². The second kappa shape index (κ2) is 8.57. The smallest absolute Gasteiger partial charge is 0.126 e. The first-order valence-electron chi connectivity index (χ1n) is 10.3. The first-order valence-corrected chi connectivity index (χ1v) is 11.8. The van der Waals surface area contributed by atoms with Crippen molar-refractivity contribution >= 4 is 21.7 Å². The number of likely N-dealkylation sites (tertiary alicyclic amines) is 1. The first kappa shape index (κ1) is 19.8. The van der Waals surface area contributed by atoms with Gasteiger partial charge in [0.2, 0.25) is 0 Å². The summed E-state index contributed by atoms with van der Waals surface area (Å²) in [5.74, 6) is 0.872. The molecule has 1 aliphatic rings. The summed E-state index contributed by atoms with van der Waals surface area (Å²) in [6.07, 6.45) is 3.59. The highest BCUT2D eigenvalue weighted by molar-refractivity contribution is 7.84. The van der Waals surface area contributed by atoms with Gasteiger partial charge in [-0.25, -0.2) is 4.98 Å². The quantitative estimate of drug-likeness (QED) is 0.457. The number of para-hydroxylation sites is 1. The summed E-state index contributed by atoms with van der Waals surface area (Å²) in [5, 5.41) is 1.77. The third-order valence-electron chi connectivity index (χ3n) is 5.49. The lowest BCUT2D eigenvalue weighted by Gasteiger charge is -2.38. The first-order chi connectivity index (χ1) is 15.1. The van der Waals surface area contributed by atoms with Gasteiger partial charge in [-0.15, -0.1) is 0 Å². The summed E-state index contributed by atoms with van der Waals surface area (Å²) < 4.78 is 17.6. The van der Waals surface area contributed by atoms with Crippen LogP contribution in [0.2, 0.25) is 0 Å². The minimum absolute atomic E-state index is 0.201. The van der Waals surface area contributed by atoms with Crippen LogP contribution in [0, 0.1) is 0 Å². The molecule has 0 radical (unpaired) electrons. The average Bonchev–Trinajstić information content (AvgIpc) is 2.78. The van der Waals surface area contributed by atoms with Crippen molar-refractivity contribution in [1.82, 2.24) is 14.9 Å². The third kappa shape index (κ3) is 4.50. The molecule has 2 aromatic heterocycles. The predicted molar refractivity (Wildman–Crippen MR) is 123 cm³/mol. The summed E-state index contributed by atoms with van der Waals surface area (Å²) in [5.41, 5.74) is 4.19. The zero-order valence-electron chi connectivity index (χ0n) is 17.3. The van der Waals surface area contributed by atoms with Crippen molar-refractivity contribution in [3.63, 3.8) is 0 Å². The van der Waals surface area contributed by atoms with E-state index in [1.165, 1.54) is 5.39 Å². The van der Waals surface area contributed by atoms with E-state index >= 15 is 0 Å². The minimum Gasteiger partial charge on any atom is -0.488 e. The number of hydrogen-bond acceptors (Lipinski definition) is 5. The van der Waals surface area contributed by atoms with Gasteiger partial charge in [0.05, 0.1) is 22.0 Å². The summed E-state index contributed by atoms with van der Waals surface area (Å²) >= 11 is 0. The highest BCUT2D eigenvalue weighted by atomic mass is 32.2. The lowest BCUT2D eigenvalue weighted by atomic mass is 10.1. The Kier molecular flexibility index (Phi) is 5.49. The van der Waals surface area contributed by atoms with Crippen molar-refractivity contribution in [2.24, 2.45) is 0 Å². The van der Waals surface area contributed by atoms with Gasteiger partial charge in [0, 0.05) is 43.0 Å². The lowest BCUT2D eigenvalue weighted by Crippen LogP contribution is -2.53. The van der Waals surface area contributed by atoms with Gasteiger partial charge < -0.3 is 4.74 Å². The van der Waals surface area contributed by atoms with Crippen LogP contribution in [0.15, 0.2) is 84.0 Å². The fourth-order valence-electron chi connectivity index (χ4n) is 3.79. The molecule has 5 nitrogen and oxygen atoms in total. The van der Waals surface area contributed by atoms with E-state index in [2.05, 4.69) is 34.1 Å². The molecule has 3 heterocycles. The van der Waals surface area contributed by atoms with E-state index in [4.69, 9.17) is 9.72 Å². The molecular formula is C25H23N3O2S. The highest BCUT2D eigenvalue weighted by Gasteiger charge is 2.28. The fraction of sp³-hybridized carbons (Fsp3) is 0.200. The number of pyridine rings is 2. The Balaban J connectivity index is 1.15. The Bertz CT molecular complexity index is 1220. The van der Waals surface area contributed by atoms with Crippen molar-refractivity contribution in [1.29, 1.82) is 0 Å². The van der Waals surface area contributed by atoms with Gasteiger partial charge in [-0.05, 0) is 35.9 Å². The van der Waals surface area contributed by atoms with Crippen molar-refractivity contribution in [2.45, 2.75) is 17.7 Å². The van der Waals surface area contributed by atoms with Crippen LogP contribution in [0.1, 0.15) is 5.69 Å². The Hall–Kier alpha value is -3.09. The summed E-state index contributed by atoms with van der Waals surface area (Å²) in [4.78, 5) is 11.4. The Morgan fingerprint density at radius 3 is 2.48 bits per heavy atom. The van der Waals surface area contributed by atoms with Gasteiger partial charge in [0.1, 0.15) is 16.9 Å². The normalized spacial score (nSPS) is 15.5. The highest BCUT2D eigenvalue weighted by Crippen LogP contribution is 2.25. The molecule has 5 rings (SSSR count). The maximum Gasteiger partial charge on any atom is 0.126 e. The SMILES string of the molecule is CS(=O)c1ccc(-c2ccc(OC3CN(Cc4ccc5ccccc5n4)C3)cc2)cn1. The molecule has 0 aliphatic carbocycles. The molecule has 156 valence electrons. The summed E-state index contributed by atoms with van der Waals surface area (Å²) in [6, 6.07) is 24.3. The zero-order valence-corrected chi connectivity index (χ0v) is 18.1. The number of aromatic nitrogens is 2. The number of benzene rings is 2. The van der Waals surface area contributed by atoms with Crippen LogP contribution in [-0.2, 0) is 17.3 Å². The van der Waals surface area contributed by atoms with Crippen LogP contribution < -0.4 is 4.74 Å². The number of ether oxygens (including phenoxy) is 1. The van der Waals surface area contributed by atoms with E-state index in [1.807, 2.05) is 48.5 Å². The van der Waals surface area contributed by atoms with E-state index in [-0.39, 0.29) is 6.10 Å². The molecule has 0 bridgehead atoms. The second-order valence-corrected chi connectivity index (χ2v) is 9.12. The van der Waals surface area contributed by atoms with Crippen LogP contribution >= 0.6 is 0 Å². The maximum atomic E-state index is 11.5. The molecule has 0 N–H and O–H groups in total.